The number of carbonyl (C=O) groups is 2. The number of hydrogen-bond donors (Lipinski definition) is 3. The van der Waals surface area contributed by atoms with Crippen molar-refractivity contribution in [2.45, 2.75) is 51.1 Å². The third-order valence-electron chi connectivity index (χ3n) is 3.15. The van der Waals surface area contributed by atoms with Crippen molar-refractivity contribution in [2.75, 3.05) is 0 Å². The molecule has 1 unspecified atom stereocenters. The van der Waals surface area contributed by atoms with Crippen molar-refractivity contribution in [3.63, 3.8) is 0 Å². The van der Waals surface area contributed by atoms with Gasteiger partial charge in [-0.3, -0.25) is 9.59 Å². The van der Waals surface area contributed by atoms with Crippen LogP contribution in [0.3, 0.4) is 0 Å². The van der Waals surface area contributed by atoms with Crippen LogP contribution in [0.4, 0.5) is 0 Å². The third-order valence-corrected chi connectivity index (χ3v) is 3.15. The van der Waals surface area contributed by atoms with E-state index < -0.39 is 11.9 Å². The molecule has 92 valence electrons. The molecule has 0 aromatic carbocycles. The van der Waals surface area contributed by atoms with Gasteiger partial charge < -0.3 is 16.8 Å². The molecule has 0 radical (unpaired) electrons. The van der Waals surface area contributed by atoms with Crippen molar-refractivity contribution >= 4 is 11.8 Å². The Morgan fingerprint density at radius 2 is 2.12 bits per heavy atom. The van der Waals surface area contributed by atoms with Crippen molar-refractivity contribution in [1.29, 1.82) is 0 Å². The summed E-state index contributed by atoms with van der Waals surface area (Å²) in [6.07, 6.45) is 3.30. The monoisotopic (exact) mass is 227 g/mol. The summed E-state index contributed by atoms with van der Waals surface area (Å²) in [6, 6.07) is -0.695. The lowest BCUT2D eigenvalue weighted by Gasteiger charge is -2.10. The minimum atomic E-state index is -0.695. The molecule has 5 heteroatoms. The van der Waals surface area contributed by atoms with E-state index in [4.69, 9.17) is 11.5 Å². The number of rotatable bonds is 3. The van der Waals surface area contributed by atoms with Crippen LogP contribution in [0.1, 0.15) is 39.5 Å². The van der Waals surface area contributed by atoms with Gasteiger partial charge in [-0.25, -0.2) is 0 Å². The topological polar surface area (TPSA) is 98.2 Å². The van der Waals surface area contributed by atoms with Gasteiger partial charge in [0.1, 0.15) is 0 Å². The lowest BCUT2D eigenvalue weighted by molar-refractivity contribution is -0.123. The van der Waals surface area contributed by atoms with Gasteiger partial charge in [0, 0.05) is 11.5 Å². The average Bonchev–Trinajstić information content (AvgIpc) is 2.91. The van der Waals surface area contributed by atoms with Gasteiger partial charge in [-0.1, -0.05) is 13.8 Å². The van der Waals surface area contributed by atoms with E-state index in [0.717, 1.165) is 19.3 Å². The molecule has 1 saturated heterocycles. The van der Waals surface area contributed by atoms with E-state index in [9.17, 15) is 9.59 Å². The van der Waals surface area contributed by atoms with Gasteiger partial charge in [-0.05, 0) is 25.7 Å². The molecule has 1 saturated carbocycles. The van der Waals surface area contributed by atoms with Crippen molar-refractivity contribution in [3.05, 3.63) is 0 Å². The highest BCUT2D eigenvalue weighted by molar-refractivity contribution is 5.85. The van der Waals surface area contributed by atoms with Crippen LogP contribution >= 0.6 is 0 Å². The molecule has 1 spiro atoms. The molecule has 2 fully saturated rings. The van der Waals surface area contributed by atoms with Gasteiger partial charge >= 0.3 is 0 Å². The summed E-state index contributed by atoms with van der Waals surface area (Å²) in [5.41, 5.74) is 10.6. The van der Waals surface area contributed by atoms with E-state index in [1.807, 2.05) is 13.8 Å². The van der Waals surface area contributed by atoms with Crippen LogP contribution < -0.4 is 16.8 Å². The maximum Gasteiger partial charge on any atom is 0.234 e. The molecule has 2 amide bonds. The van der Waals surface area contributed by atoms with Crippen LogP contribution in [0.25, 0.3) is 0 Å². The Hall–Kier alpha value is -1.10. The Morgan fingerprint density at radius 1 is 1.56 bits per heavy atom. The number of primary amides is 1. The van der Waals surface area contributed by atoms with Gasteiger partial charge in [0.05, 0.1) is 6.04 Å². The fourth-order valence-corrected chi connectivity index (χ4v) is 2.07. The SMILES string of the molecule is CC.NC(=O)[C@@H](N)CC1CC2(CC2)NC1=O. The molecule has 0 aromatic rings. The van der Waals surface area contributed by atoms with Gasteiger partial charge in [0.25, 0.3) is 0 Å². The van der Waals surface area contributed by atoms with Crippen LogP contribution in [-0.2, 0) is 9.59 Å². The Morgan fingerprint density at radius 3 is 2.50 bits per heavy atom. The molecule has 1 aliphatic carbocycles. The van der Waals surface area contributed by atoms with Gasteiger partial charge in [0.2, 0.25) is 11.8 Å². The zero-order valence-corrected chi connectivity index (χ0v) is 9.95. The van der Waals surface area contributed by atoms with E-state index in [-0.39, 0.29) is 17.4 Å². The molecule has 2 aliphatic rings. The minimum absolute atomic E-state index is 0.0270. The minimum Gasteiger partial charge on any atom is -0.368 e. The molecular formula is C11H21N3O2. The molecule has 2 atom stereocenters. The fraction of sp³-hybridized carbons (Fsp3) is 0.818. The summed E-state index contributed by atoms with van der Waals surface area (Å²) in [4.78, 5) is 22.2. The highest BCUT2D eigenvalue weighted by Crippen LogP contribution is 2.46. The molecular weight excluding hydrogens is 206 g/mol. The predicted octanol–water partition coefficient (Wildman–Crippen LogP) is -0.116. The summed E-state index contributed by atoms with van der Waals surface area (Å²) < 4.78 is 0. The Bertz CT molecular complexity index is 287. The predicted molar refractivity (Wildman–Crippen MR) is 61.3 cm³/mol. The summed E-state index contributed by atoms with van der Waals surface area (Å²) in [7, 11) is 0. The molecule has 5 N–H and O–H groups in total. The second-order valence-electron chi connectivity index (χ2n) is 4.42. The van der Waals surface area contributed by atoms with Gasteiger partial charge in [0.15, 0.2) is 0 Å². The van der Waals surface area contributed by atoms with E-state index >= 15 is 0 Å². The molecule has 0 bridgehead atoms. The van der Waals surface area contributed by atoms with Crippen LogP contribution in [0, 0.1) is 5.92 Å². The zero-order valence-electron chi connectivity index (χ0n) is 9.95. The zero-order chi connectivity index (χ0) is 12.3. The lowest BCUT2D eigenvalue weighted by Crippen LogP contribution is -2.39. The second kappa shape index (κ2) is 4.82. The van der Waals surface area contributed by atoms with Crippen molar-refractivity contribution < 1.29 is 9.59 Å². The number of nitrogens with one attached hydrogen (secondary N) is 1. The van der Waals surface area contributed by atoms with E-state index in [2.05, 4.69) is 5.32 Å². The largest absolute Gasteiger partial charge is 0.368 e. The summed E-state index contributed by atoms with van der Waals surface area (Å²) in [5.74, 6) is -0.631. The van der Waals surface area contributed by atoms with Crippen molar-refractivity contribution in [3.8, 4) is 0 Å². The second-order valence-corrected chi connectivity index (χ2v) is 4.42. The quantitative estimate of drug-likeness (QED) is 0.627. The summed E-state index contributed by atoms with van der Waals surface area (Å²) in [5, 5.41) is 2.95. The highest BCUT2D eigenvalue weighted by Gasteiger charge is 2.52. The smallest absolute Gasteiger partial charge is 0.234 e. The molecule has 1 aliphatic heterocycles. The Balaban J connectivity index is 0.000000606. The number of amides is 2. The molecule has 1 heterocycles. The number of carbonyl (C=O) groups excluding carboxylic acids is 2. The first-order valence-electron chi connectivity index (χ1n) is 5.89. The maximum atomic E-state index is 11.5. The van der Waals surface area contributed by atoms with Crippen LogP contribution in [0.15, 0.2) is 0 Å². The summed E-state index contributed by atoms with van der Waals surface area (Å²) in [6.45, 7) is 4.00. The van der Waals surface area contributed by atoms with Crippen LogP contribution in [-0.4, -0.2) is 23.4 Å². The number of nitrogens with two attached hydrogens (primary N) is 2. The normalized spacial score (nSPS) is 26.7. The number of hydrogen-bond acceptors (Lipinski definition) is 3. The first kappa shape index (κ1) is 13.0. The Kier molecular flexibility index (Phi) is 3.91. The van der Waals surface area contributed by atoms with E-state index in [1.54, 1.807) is 0 Å². The molecule has 5 nitrogen and oxygen atoms in total. The highest BCUT2D eigenvalue weighted by atomic mass is 16.2. The van der Waals surface area contributed by atoms with Crippen LogP contribution in [0.2, 0.25) is 0 Å². The van der Waals surface area contributed by atoms with Crippen molar-refractivity contribution in [2.24, 2.45) is 17.4 Å². The fourth-order valence-electron chi connectivity index (χ4n) is 2.07. The molecule has 16 heavy (non-hydrogen) atoms. The first-order valence-corrected chi connectivity index (χ1v) is 5.89. The lowest BCUT2D eigenvalue weighted by atomic mass is 9.96. The maximum absolute atomic E-state index is 11.5. The standard InChI is InChI=1S/C9H15N3O2.C2H6/c10-6(7(11)13)3-5-4-9(1-2-9)12-8(5)14;1-2/h5-6H,1-4,10H2,(H2,11,13)(H,12,14);1-2H3/t5?,6-;/m0./s1. The molecule has 2 rings (SSSR count). The third kappa shape index (κ3) is 2.72. The van der Waals surface area contributed by atoms with Gasteiger partial charge in [-0.2, -0.15) is 0 Å². The van der Waals surface area contributed by atoms with E-state index in [1.165, 1.54) is 0 Å². The van der Waals surface area contributed by atoms with Crippen molar-refractivity contribution in [1.82, 2.24) is 5.32 Å². The average molecular weight is 227 g/mol. The first-order chi connectivity index (χ1) is 7.52. The summed E-state index contributed by atoms with van der Waals surface area (Å²) >= 11 is 0. The van der Waals surface area contributed by atoms with Crippen LogP contribution in [0.5, 0.6) is 0 Å². The van der Waals surface area contributed by atoms with E-state index in [0.29, 0.717) is 6.42 Å². The van der Waals surface area contributed by atoms with Gasteiger partial charge in [-0.15, -0.1) is 0 Å². The Labute approximate surface area is 95.9 Å². The molecule has 0 aromatic heterocycles.